The van der Waals surface area contributed by atoms with E-state index in [1.54, 1.807) is 11.8 Å². The molecule has 0 saturated heterocycles. The summed E-state index contributed by atoms with van der Waals surface area (Å²) in [6, 6.07) is -0.00198. The highest BCUT2D eigenvalue weighted by Crippen LogP contribution is 2.15. The van der Waals surface area contributed by atoms with Gasteiger partial charge in [-0.2, -0.15) is 26.7 Å². The molecule has 4 N–H and O–H groups in total. The van der Waals surface area contributed by atoms with Gasteiger partial charge in [0.15, 0.2) is 0 Å². The molecule has 8 heteroatoms. The number of thioether (sulfide) groups is 1. The third-order valence-corrected chi connectivity index (χ3v) is 3.35. The van der Waals surface area contributed by atoms with Crippen LogP contribution in [0.5, 0.6) is 0 Å². The average molecular weight is 264 g/mol. The first-order chi connectivity index (χ1) is 7.56. The number of aliphatic hydroxyl groups is 1. The molecule has 0 bridgehead atoms. The number of aliphatic hydroxyl groups excluding tert-OH is 1. The lowest BCUT2D eigenvalue weighted by atomic mass is 10.2. The predicted octanol–water partition coefficient (Wildman–Crippen LogP) is 0.631. The molecule has 0 saturated carbocycles. The summed E-state index contributed by atoms with van der Waals surface area (Å²) >= 11 is 7.20. The Hall–Kier alpha value is -0.790. The number of nitrogen functional groups attached to an aromatic ring is 1. The van der Waals surface area contributed by atoms with E-state index in [4.69, 9.17) is 22.4 Å². The second-order valence-corrected chi connectivity index (χ2v) is 4.59. The first kappa shape index (κ1) is 13.3. The molecule has 0 aliphatic rings. The Morgan fingerprint density at radius 2 is 2.19 bits per heavy atom. The summed E-state index contributed by atoms with van der Waals surface area (Å²) in [7, 11) is 0. The highest BCUT2D eigenvalue weighted by molar-refractivity contribution is 7.99. The second kappa shape index (κ2) is 6.07. The largest absolute Gasteiger partial charge is 0.395 e. The van der Waals surface area contributed by atoms with E-state index in [-0.39, 0.29) is 29.1 Å². The topological polar surface area (TPSA) is 97.0 Å². The van der Waals surface area contributed by atoms with Crippen molar-refractivity contribution < 1.29 is 5.11 Å². The van der Waals surface area contributed by atoms with Gasteiger partial charge in [0.25, 0.3) is 0 Å². The van der Waals surface area contributed by atoms with Crippen LogP contribution < -0.4 is 11.1 Å². The van der Waals surface area contributed by atoms with Crippen molar-refractivity contribution >= 4 is 35.3 Å². The molecule has 0 amide bonds. The maximum absolute atomic E-state index is 9.12. The van der Waals surface area contributed by atoms with Crippen molar-refractivity contribution in [2.75, 3.05) is 23.9 Å². The van der Waals surface area contributed by atoms with E-state index in [1.807, 2.05) is 13.2 Å². The number of nitrogens with zero attached hydrogens (tertiary/aromatic N) is 3. The Bertz CT molecular complexity index is 329. The first-order valence-electron chi connectivity index (χ1n) is 4.64. The zero-order chi connectivity index (χ0) is 12.1. The number of hydrogen-bond acceptors (Lipinski definition) is 7. The Kier molecular flexibility index (Phi) is 5.04. The minimum Gasteiger partial charge on any atom is -0.395 e. The van der Waals surface area contributed by atoms with Gasteiger partial charge >= 0.3 is 0 Å². The lowest BCUT2D eigenvalue weighted by molar-refractivity contribution is 0.288. The fourth-order valence-electron chi connectivity index (χ4n) is 1.16. The first-order valence-corrected chi connectivity index (χ1v) is 6.30. The lowest BCUT2D eigenvalue weighted by Crippen LogP contribution is -2.31. The number of aromatic nitrogens is 3. The fraction of sp³-hybridized carbons (Fsp3) is 0.625. The summed E-state index contributed by atoms with van der Waals surface area (Å²) in [4.78, 5) is 11.4. The number of nitrogens with one attached hydrogen (secondary N) is 1. The van der Waals surface area contributed by atoms with Crippen molar-refractivity contribution in [3.8, 4) is 0 Å². The molecule has 1 aromatic rings. The summed E-state index contributed by atoms with van der Waals surface area (Å²) < 4.78 is 0. The van der Waals surface area contributed by atoms with Crippen LogP contribution >= 0.6 is 23.4 Å². The van der Waals surface area contributed by atoms with Crippen LogP contribution in [0.3, 0.4) is 0 Å². The molecule has 0 radical (unpaired) electrons. The molecule has 6 nitrogen and oxygen atoms in total. The normalized spacial score (nSPS) is 14.5. The van der Waals surface area contributed by atoms with Crippen molar-refractivity contribution in [1.29, 1.82) is 0 Å². The summed E-state index contributed by atoms with van der Waals surface area (Å²) in [6.07, 6.45) is 1.92. The molecule has 90 valence electrons. The van der Waals surface area contributed by atoms with Crippen LogP contribution in [-0.4, -0.2) is 44.2 Å². The number of nitrogens with two attached hydrogens (primary N) is 1. The number of anilines is 2. The van der Waals surface area contributed by atoms with Crippen molar-refractivity contribution in [3.05, 3.63) is 5.28 Å². The van der Waals surface area contributed by atoms with E-state index in [0.29, 0.717) is 5.95 Å². The summed E-state index contributed by atoms with van der Waals surface area (Å²) in [5.74, 6) is 0.386. The molecule has 0 spiro atoms. The monoisotopic (exact) mass is 263 g/mol. The van der Waals surface area contributed by atoms with Gasteiger partial charge in [0.05, 0.1) is 6.61 Å². The van der Waals surface area contributed by atoms with Crippen molar-refractivity contribution in [3.63, 3.8) is 0 Å². The van der Waals surface area contributed by atoms with Gasteiger partial charge in [-0.05, 0) is 24.8 Å². The Balaban J connectivity index is 2.72. The number of hydrogen-bond donors (Lipinski definition) is 3. The van der Waals surface area contributed by atoms with Gasteiger partial charge in [0.1, 0.15) is 0 Å². The van der Waals surface area contributed by atoms with Crippen LogP contribution in [0.15, 0.2) is 0 Å². The van der Waals surface area contributed by atoms with Crippen LogP contribution in [-0.2, 0) is 0 Å². The van der Waals surface area contributed by atoms with Crippen LogP contribution in [0.25, 0.3) is 0 Å². The molecule has 1 rings (SSSR count). The summed E-state index contributed by atoms with van der Waals surface area (Å²) in [5, 5.41) is 12.2. The molecule has 0 aliphatic heterocycles. The van der Waals surface area contributed by atoms with Crippen LogP contribution in [0.2, 0.25) is 5.28 Å². The third kappa shape index (κ3) is 3.66. The van der Waals surface area contributed by atoms with Gasteiger partial charge in [-0.3, -0.25) is 0 Å². The van der Waals surface area contributed by atoms with E-state index in [1.165, 1.54) is 0 Å². The average Bonchev–Trinajstić information content (AvgIpc) is 2.17. The van der Waals surface area contributed by atoms with Gasteiger partial charge in [-0.1, -0.05) is 0 Å². The van der Waals surface area contributed by atoms with Crippen molar-refractivity contribution in [1.82, 2.24) is 15.0 Å². The molecule has 2 atom stereocenters. The number of halogens is 1. The van der Waals surface area contributed by atoms with Gasteiger partial charge in [0, 0.05) is 11.3 Å². The van der Waals surface area contributed by atoms with E-state index >= 15 is 0 Å². The third-order valence-electron chi connectivity index (χ3n) is 2.02. The van der Waals surface area contributed by atoms with Gasteiger partial charge in [0.2, 0.25) is 17.2 Å². The summed E-state index contributed by atoms with van der Waals surface area (Å²) in [6.45, 7) is 1.99. The molecule has 0 fully saturated rings. The quantitative estimate of drug-likeness (QED) is 0.717. The maximum Gasteiger partial charge on any atom is 0.229 e. The van der Waals surface area contributed by atoms with E-state index < -0.39 is 0 Å². The minimum atomic E-state index is -0.00198. The molecule has 0 aliphatic carbocycles. The molecule has 0 aromatic carbocycles. The van der Waals surface area contributed by atoms with Gasteiger partial charge in [-0.15, -0.1) is 0 Å². The van der Waals surface area contributed by atoms with Gasteiger partial charge < -0.3 is 16.2 Å². The van der Waals surface area contributed by atoms with E-state index in [2.05, 4.69) is 20.3 Å². The zero-order valence-corrected chi connectivity index (χ0v) is 10.6. The molecular weight excluding hydrogens is 250 g/mol. The van der Waals surface area contributed by atoms with Crippen LogP contribution in [0, 0.1) is 0 Å². The highest BCUT2D eigenvalue weighted by atomic mass is 35.5. The van der Waals surface area contributed by atoms with E-state index in [0.717, 1.165) is 0 Å². The zero-order valence-electron chi connectivity index (χ0n) is 9.01. The van der Waals surface area contributed by atoms with Crippen LogP contribution in [0.4, 0.5) is 11.9 Å². The predicted molar refractivity (Wildman–Crippen MR) is 66.7 cm³/mol. The lowest BCUT2D eigenvalue weighted by Gasteiger charge is -2.21. The SMILES string of the molecule is CSC(CO)C(C)Nc1nc(N)nc(Cl)n1. The number of rotatable bonds is 5. The molecule has 16 heavy (non-hydrogen) atoms. The van der Waals surface area contributed by atoms with Gasteiger partial charge in [-0.25, -0.2) is 0 Å². The van der Waals surface area contributed by atoms with Crippen LogP contribution in [0.1, 0.15) is 6.92 Å². The minimum absolute atomic E-state index is 0.00198. The molecule has 1 heterocycles. The molecular formula is C8H14ClN5OS. The summed E-state index contributed by atoms with van der Waals surface area (Å²) in [5.41, 5.74) is 5.44. The fourth-order valence-corrected chi connectivity index (χ4v) is 1.96. The van der Waals surface area contributed by atoms with Crippen molar-refractivity contribution in [2.45, 2.75) is 18.2 Å². The molecule has 1 aromatic heterocycles. The Morgan fingerprint density at radius 1 is 1.50 bits per heavy atom. The second-order valence-electron chi connectivity index (χ2n) is 3.18. The molecule has 2 unspecified atom stereocenters. The standard InChI is InChI=1S/C8H14ClN5OS/c1-4(5(3-15)16-2)11-8-13-6(9)12-7(10)14-8/h4-5,15H,3H2,1-2H3,(H3,10,11,12,13,14). The van der Waals surface area contributed by atoms with Crippen molar-refractivity contribution in [2.24, 2.45) is 0 Å². The Labute approximate surface area is 103 Å². The van der Waals surface area contributed by atoms with E-state index in [9.17, 15) is 0 Å². The smallest absolute Gasteiger partial charge is 0.229 e. The maximum atomic E-state index is 9.12. The Morgan fingerprint density at radius 3 is 2.69 bits per heavy atom. The highest BCUT2D eigenvalue weighted by Gasteiger charge is 2.16.